The van der Waals surface area contributed by atoms with Gasteiger partial charge in [-0.25, -0.2) is 0 Å². The summed E-state index contributed by atoms with van der Waals surface area (Å²) in [6.07, 6.45) is 0. The van der Waals surface area contributed by atoms with Crippen LogP contribution in [0.1, 0.15) is 19.4 Å². The zero-order valence-electron chi connectivity index (χ0n) is 9.94. The Morgan fingerprint density at radius 1 is 1.35 bits per heavy atom. The van der Waals surface area contributed by atoms with Crippen LogP contribution in [0.25, 0.3) is 0 Å². The maximum absolute atomic E-state index is 11.6. The summed E-state index contributed by atoms with van der Waals surface area (Å²) in [6, 6.07) is 7.39. The summed E-state index contributed by atoms with van der Waals surface area (Å²) in [4.78, 5) is 11.6. The maximum Gasteiger partial charge on any atom is 0.237 e. The van der Waals surface area contributed by atoms with Gasteiger partial charge in [0.05, 0.1) is 6.04 Å². The lowest BCUT2D eigenvalue weighted by atomic mass is 10.0. The summed E-state index contributed by atoms with van der Waals surface area (Å²) in [5.41, 5.74) is 6.79. The van der Waals surface area contributed by atoms with Crippen molar-refractivity contribution in [3.05, 3.63) is 34.3 Å². The predicted molar refractivity (Wildman–Crippen MR) is 76.1 cm³/mol. The molecule has 0 bridgehead atoms. The highest BCUT2D eigenvalue weighted by molar-refractivity contribution is 9.10. The van der Waals surface area contributed by atoms with Crippen LogP contribution in [-0.2, 0) is 11.3 Å². The highest BCUT2D eigenvalue weighted by atomic mass is 79.9. The van der Waals surface area contributed by atoms with Crippen molar-refractivity contribution in [2.45, 2.75) is 26.4 Å². The topological polar surface area (TPSA) is 55.1 Å². The van der Waals surface area contributed by atoms with Crippen LogP contribution in [0.3, 0.4) is 0 Å². The molecule has 0 unspecified atom stereocenters. The van der Waals surface area contributed by atoms with Gasteiger partial charge >= 0.3 is 0 Å². The molecule has 3 nitrogen and oxygen atoms in total. The molecule has 17 heavy (non-hydrogen) atoms. The zero-order valence-corrected chi connectivity index (χ0v) is 12.3. The van der Waals surface area contributed by atoms with E-state index >= 15 is 0 Å². The van der Waals surface area contributed by atoms with E-state index in [1.807, 2.05) is 38.1 Å². The Labute approximate surface area is 117 Å². The van der Waals surface area contributed by atoms with Crippen LogP contribution in [0, 0.1) is 5.92 Å². The predicted octanol–water partition coefficient (Wildman–Crippen LogP) is 2.47. The number of amides is 1. The standard InChI is InChI=1S/C12H17BrN2O.ClH/c1-8(2)11(14)12(16)15-7-9-3-5-10(13)6-4-9;/h3-6,8,11H,7,14H2,1-2H3,(H,15,16);1H/t11-;/m1./s1. The van der Waals surface area contributed by atoms with Gasteiger partial charge in [-0.05, 0) is 23.6 Å². The van der Waals surface area contributed by atoms with Crippen LogP contribution in [0.4, 0.5) is 0 Å². The van der Waals surface area contributed by atoms with Crippen LogP contribution in [-0.4, -0.2) is 11.9 Å². The molecule has 1 atom stereocenters. The molecule has 96 valence electrons. The lowest BCUT2D eigenvalue weighted by Gasteiger charge is -2.15. The Morgan fingerprint density at radius 2 is 1.88 bits per heavy atom. The lowest BCUT2D eigenvalue weighted by molar-refractivity contribution is -0.123. The van der Waals surface area contributed by atoms with Gasteiger partial charge in [-0.1, -0.05) is 41.9 Å². The number of carbonyl (C=O) groups is 1. The number of hydrogen-bond donors (Lipinski definition) is 2. The molecule has 3 N–H and O–H groups in total. The Balaban J connectivity index is 0.00000256. The van der Waals surface area contributed by atoms with Crippen molar-refractivity contribution in [2.75, 3.05) is 0 Å². The lowest BCUT2D eigenvalue weighted by Crippen LogP contribution is -2.43. The van der Waals surface area contributed by atoms with Gasteiger partial charge in [0.25, 0.3) is 0 Å². The fraction of sp³-hybridized carbons (Fsp3) is 0.417. The largest absolute Gasteiger partial charge is 0.351 e. The highest BCUT2D eigenvalue weighted by Crippen LogP contribution is 2.10. The van der Waals surface area contributed by atoms with Crippen LogP contribution < -0.4 is 11.1 Å². The number of hydrogen-bond acceptors (Lipinski definition) is 2. The van der Waals surface area contributed by atoms with Crippen molar-refractivity contribution in [2.24, 2.45) is 11.7 Å². The minimum atomic E-state index is -0.435. The van der Waals surface area contributed by atoms with E-state index in [0.717, 1.165) is 10.0 Å². The summed E-state index contributed by atoms with van der Waals surface area (Å²) >= 11 is 3.36. The molecule has 0 spiro atoms. The van der Waals surface area contributed by atoms with Gasteiger partial charge in [0.2, 0.25) is 5.91 Å². The molecule has 5 heteroatoms. The van der Waals surface area contributed by atoms with E-state index in [-0.39, 0.29) is 24.2 Å². The van der Waals surface area contributed by atoms with Gasteiger partial charge in [-0.2, -0.15) is 0 Å². The molecule has 0 aromatic heterocycles. The van der Waals surface area contributed by atoms with Gasteiger partial charge in [0, 0.05) is 11.0 Å². The monoisotopic (exact) mass is 320 g/mol. The molecule has 0 aliphatic rings. The van der Waals surface area contributed by atoms with Crippen molar-refractivity contribution < 1.29 is 4.79 Å². The summed E-state index contributed by atoms with van der Waals surface area (Å²) in [6.45, 7) is 4.39. The van der Waals surface area contributed by atoms with E-state index < -0.39 is 6.04 Å². The number of halogens is 2. The smallest absolute Gasteiger partial charge is 0.237 e. The van der Waals surface area contributed by atoms with E-state index in [9.17, 15) is 4.79 Å². The summed E-state index contributed by atoms with van der Waals surface area (Å²) in [5, 5.41) is 2.82. The number of nitrogens with two attached hydrogens (primary N) is 1. The molecular weight excluding hydrogens is 304 g/mol. The summed E-state index contributed by atoms with van der Waals surface area (Å²) < 4.78 is 1.03. The molecule has 0 aliphatic carbocycles. The fourth-order valence-electron chi connectivity index (χ4n) is 1.21. The van der Waals surface area contributed by atoms with Crippen LogP contribution in [0.15, 0.2) is 28.7 Å². The van der Waals surface area contributed by atoms with Gasteiger partial charge < -0.3 is 11.1 Å². The van der Waals surface area contributed by atoms with Gasteiger partial charge in [-0.3, -0.25) is 4.79 Å². The first kappa shape index (κ1) is 16.4. The molecular formula is C12H18BrClN2O. The summed E-state index contributed by atoms with van der Waals surface area (Å²) in [7, 11) is 0. The third-order valence-electron chi connectivity index (χ3n) is 2.40. The van der Waals surface area contributed by atoms with Crippen molar-refractivity contribution >= 4 is 34.2 Å². The molecule has 1 aromatic carbocycles. The normalized spacial score (nSPS) is 11.8. The minimum Gasteiger partial charge on any atom is -0.351 e. The number of carbonyl (C=O) groups excluding carboxylic acids is 1. The molecule has 0 fully saturated rings. The molecule has 0 saturated heterocycles. The van der Waals surface area contributed by atoms with Gasteiger partial charge in [-0.15, -0.1) is 12.4 Å². The quantitative estimate of drug-likeness (QED) is 0.895. The van der Waals surface area contributed by atoms with Crippen molar-refractivity contribution in [3.8, 4) is 0 Å². The second-order valence-electron chi connectivity index (χ2n) is 4.11. The Hall–Kier alpha value is -0.580. The Kier molecular flexibility index (Phi) is 7.43. The van der Waals surface area contributed by atoms with Crippen LogP contribution in [0.2, 0.25) is 0 Å². The van der Waals surface area contributed by atoms with Crippen LogP contribution in [0.5, 0.6) is 0 Å². The SMILES string of the molecule is CC(C)[C@@H](N)C(=O)NCc1ccc(Br)cc1.Cl. The second kappa shape index (κ2) is 7.69. The van der Waals surface area contributed by atoms with Gasteiger partial charge in [0.15, 0.2) is 0 Å². The van der Waals surface area contributed by atoms with E-state index in [1.165, 1.54) is 0 Å². The maximum atomic E-state index is 11.6. The average Bonchev–Trinajstić information content (AvgIpc) is 2.26. The summed E-state index contributed by atoms with van der Waals surface area (Å²) in [5.74, 6) is 0.0582. The van der Waals surface area contributed by atoms with Crippen molar-refractivity contribution in [3.63, 3.8) is 0 Å². The molecule has 0 aliphatic heterocycles. The first-order valence-electron chi connectivity index (χ1n) is 5.28. The molecule has 0 heterocycles. The van der Waals surface area contributed by atoms with E-state index in [2.05, 4.69) is 21.2 Å². The first-order chi connectivity index (χ1) is 7.50. The third-order valence-corrected chi connectivity index (χ3v) is 2.93. The molecule has 0 saturated carbocycles. The Morgan fingerprint density at radius 3 is 2.35 bits per heavy atom. The van der Waals surface area contributed by atoms with Gasteiger partial charge in [0.1, 0.15) is 0 Å². The zero-order chi connectivity index (χ0) is 12.1. The molecule has 1 rings (SSSR count). The van der Waals surface area contributed by atoms with Crippen molar-refractivity contribution in [1.82, 2.24) is 5.32 Å². The fourth-order valence-corrected chi connectivity index (χ4v) is 1.48. The molecule has 1 aromatic rings. The minimum absolute atomic E-state index is 0. The first-order valence-corrected chi connectivity index (χ1v) is 6.07. The Bertz CT molecular complexity index is 354. The number of benzene rings is 1. The van der Waals surface area contributed by atoms with Crippen LogP contribution >= 0.6 is 28.3 Å². The highest BCUT2D eigenvalue weighted by Gasteiger charge is 2.16. The van der Waals surface area contributed by atoms with E-state index in [1.54, 1.807) is 0 Å². The second-order valence-corrected chi connectivity index (χ2v) is 5.03. The molecule has 1 amide bonds. The van der Waals surface area contributed by atoms with Crippen molar-refractivity contribution in [1.29, 1.82) is 0 Å². The number of nitrogens with one attached hydrogen (secondary N) is 1. The van der Waals surface area contributed by atoms with E-state index in [0.29, 0.717) is 6.54 Å². The number of rotatable bonds is 4. The third kappa shape index (κ3) is 5.52. The average molecular weight is 322 g/mol. The van der Waals surface area contributed by atoms with E-state index in [4.69, 9.17) is 5.73 Å². The molecule has 0 radical (unpaired) electrons.